The molecule has 0 saturated carbocycles. The van der Waals surface area contributed by atoms with Crippen LogP contribution in [-0.2, 0) is 0 Å². The average molecular weight is 310 g/mol. The van der Waals surface area contributed by atoms with Gasteiger partial charge in [-0.2, -0.15) is 0 Å². The van der Waals surface area contributed by atoms with Gasteiger partial charge in [-0.25, -0.2) is 0 Å². The van der Waals surface area contributed by atoms with E-state index in [1.807, 2.05) is 0 Å². The van der Waals surface area contributed by atoms with Gasteiger partial charge in [-0.05, 0) is 84.1 Å². The van der Waals surface area contributed by atoms with Crippen LogP contribution >= 0.6 is 0 Å². The molecule has 0 aliphatic carbocycles. The van der Waals surface area contributed by atoms with Gasteiger partial charge in [0.2, 0.25) is 0 Å². The molecule has 3 heteroatoms. The van der Waals surface area contributed by atoms with Crippen molar-refractivity contribution < 1.29 is 0 Å². The highest BCUT2D eigenvalue weighted by molar-refractivity contribution is 4.79. The zero-order valence-electron chi connectivity index (χ0n) is 15.6. The van der Waals surface area contributed by atoms with E-state index in [1.165, 1.54) is 77.9 Å². The topological polar surface area (TPSA) is 9.72 Å². The fraction of sp³-hybridized carbons (Fsp3) is 1.00. The van der Waals surface area contributed by atoms with Crippen molar-refractivity contribution in [1.82, 2.24) is 14.7 Å². The third-order valence-electron chi connectivity index (χ3n) is 6.10. The van der Waals surface area contributed by atoms with Crippen LogP contribution in [0.1, 0.15) is 52.9 Å². The molecule has 3 fully saturated rings. The highest BCUT2D eigenvalue weighted by atomic mass is 15.2. The quantitative estimate of drug-likeness (QED) is 0.737. The smallest absolute Gasteiger partial charge is 0.0109 e. The van der Waals surface area contributed by atoms with Crippen LogP contribution in [0.3, 0.4) is 0 Å². The summed E-state index contributed by atoms with van der Waals surface area (Å²) in [5, 5.41) is 0. The second kappa shape index (κ2) is 9.24. The largest absolute Gasteiger partial charge is 0.305 e. The van der Waals surface area contributed by atoms with Gasteiger partial charge in [0.05, 0.1) is 0 Å². The molecule has 0 aromatic carbocycles. The SMILES string of the molecule is CCN1CCC(C)CCC(C)N2CCC(CC2)CN(C)CC1. The lowest BCUT2D eigenvalue weighted by atomic mass is 9.93. The van der Waals surface area contributed by atoms with E-state index >= 15 is 0 Å². The van der Waals surface area contributed by atoms with Crippen LogP contribution in [0, 0.1) is 11.8 Å². The molecule has 0 amide bonds. The summed E-state index contributed by atoms with van der Waals surface area (Å²) in [4.78, 5) is 7.98. The number of fused-ring (bicyclic) bond motifs is 12. The predicted molar refractivity (Wildman–Crippen MR) is 96.4 cm³/mol. The number of rotatable bonds is 1. The Morgan fingerprint density at radius 3 is 2.23 bits per heavy atom. The maximum absolute atomic E-state index is 2.75. The molecule has 3 heterocycles. The van der Waals surface area contributed by atoms with Crippen LogP contribution in [0.15, 0.2) is 0 Å². The lowest BCUT2D eigenvalue weighted by Gasteiger charge is -2.37. The molecule has 0 spiro atoms. The first-order chi connectivity index (χ1) is 10.6. The number of piperidine rings is 1. The Labute approximate surface area is 139 Å². The average Bonchev–Trinajstić information content (AvgIpc) is 2.53. The van der Waals surface area contributed by atoms with E-state index in [4.69, 9.17) is 0 Å². The van der Waals surface area contributed by atoms with Crippen molar-refractivity contribution in [2.24, 2.45) is 11.8 Å². The number of hydrogen-bond acceptors (Lipinski definition) is 3. The van der Waals surface area contributed by atoms with Crippen LogP contribution in [0.25, 0.3) is 0 Å². The first-order valence-corrected chi connectivity index (χ1v) is 9.73. The van der Waals surface area contributed by atoms with Gasteiger partial charge in [0.1, 0.15) is 0 Å². The Balaban J connectivity index is 1.94. The van der Waals surface area contributed by atoms with Crippen LogP contribution in [0.4, 0.5) is 0 Å². The third-order valence-corrected chi connectivity index (χ3v) is 6.10. The molecule has 0 radical (unpaired) electrons. The van der Waals surface area contributed by atoms with E-state index in [0.29, 0.717) is 0 Å². The van der Waals surface area contributed by atoms with Crippen molar-refractivity contribution in [1.29, 1.82) is 0 Å². The van der Waals surface area contributed by atoms with Crippen LogP contribution in [0.5, 0.6) is 0 Å². The highest BCUT2D eigenvalue weighted by Gasteiger charge is 2.24. The minimum Gasteiger partial charge on any atom is -0.305 e. The summed E-state index contributed by atoms with van der Waals surface area (Å²) >= 11 is 0. The first kappa shape index (κ1) is 18.2. The molecule has 0 N–H and O–H groups in total. The first-order valence-electron chi connectivity index (χ1n) is 9.73. The highest BCUT2D eigenvalue weighted by Crippen LogP contribution is 2.23. The molecule has 0 aromatic heterocycles. The van der Waals surface area contributed by atoms with E-state index in [2.05, 4.69) is 42.5 Å². The van der Waals surface area contributed by atoms with Gasteiger partial charge in [-0.1, -0.05) is 13.8 Å². The Bertz CT molecular complexity index is 299. The number of hydrogen-bond donors (Lipinski definition) is 0. The van der Waals surface area contributed by atoms with E-state index in [-0.39, 0.29) is 0 Å². The predicted octanol–water partition coefficient (Wildman–Crippen LogP) is 3.16. The standard InChI is InChI=1S/C19H39N3/c1-5-21-11-8-17(2)6-7-18(3)22-12-9-19(10-13-22)16-20(4)14-15-21/h17-19H,5-16H2,1-4H3. The maximum atomic E-state index is 2.75. The van der Waals surface area contributed by atoms with Crippen molar-refractivity contribution in [3.8, 4) is 0 Å². The summed E-state index contributed by atoms with van der Waals surface area (Å²) in [5.41, 5.74) is 0. The molecule has 3 nitrogen and oxygen atoms in total. The van der Waals surface area contributed by atoms with Crippen molar-refractivity contribution in [3.05, 3.63) is 0 Å². The van der Waals surface area contributed by atoms with Gasteiger partial charge in [-0.3, -0.25) is 0 Å². The summed E-state index contributed by atoms with van der Waals surface area (Å²) < 4.78 is 0. The lowest BCUT2D eigenvalue weighted by Crippen LogP contribution is -2.43. The second-order valence-corrected chi connectivity index (χ2v) is 8.00. The number of nitrogens with zero attached hydrogens (tertiary/aromatic N) is 3. The Kier molecular flexibility index (Phi) is 7.66. The molecule has 3 rings (SSSR count). The molecular formula is C19H39N3. The van der Waals surface area contributed by atoms with Crippen molar-refractivity contribution in [2.45, 2.75) is 58.9 Å². The Morgan fingerprint density at radius 1 is 0.818 bits per heavy atom. The van der Waals surface area contributed by atoms with Gasteiger partial charge in [0.25, 0.3) is 0 Å². The minimum atomic E-state index is 0.786. The zero-order valence-corrected chi connectivity index (χ0v) is 15.6. The molecule has 0 aromatic rings. The van der Waals surface area contributed by atoms with Crippen molar-refractivity contribution in [3.63, 3.8) is 0 Å². The normalized spacial score (nSPS) is 37.6. The van der Waals surface area contributed by atoms with Gasteiger partial charge >= 0.3 is 0 Å². The van der Waals surface area contributed by atoms with E-state index < -0.39 is 0 Å². The molecule has 130 valence electrons. The van der Waals surface area contributed by atoms with Gasteiger partial charge in [0, 0.05) is 25.7 Å². The minimum absolute atomic E-state index is 0.786. The van der Waals surface area contributed by atoms with E-state index in [9.17, 15) is 0 Å². The van der Waals surface area contributed by atoms with Gasteiger partial charge in [0.15, 0.2) is 0 Å². The summed E-state index contributed by atoms with van der Waals surface area (Å²) in [6.45, 7) is 16.2. The molecule has 2 unspecified atom stereocenters. The van der Waals surface area contributed by atoms with Crippen LogP contribution < -0.4 is 0 Å². The Morgan fingerprint density at radius 2 is 1.55 bits per heavy atom. The monoisotopic (exact) mass is 309 g/mol. The molecule has 3 aliphatic rings. The lowest BCUT2D eigenvalue weighted by molar-refractivity contribution is 0.114. The van der Waals surface area contributed by atoms with Gasteiger partial charge < -0.3 is 14.7 Å². The molecule has 22 heavy (non-hydrogen) atoms. The van der Waals surface area contributed by atoms with E-state index in [0.717, 1.165) is 17.9 Å². The maximum Gasteiger partial charge on any atom is 0.0109 e. The molecule has 2 atom stereocenters. The summed E-state index contributed by atoms with van der Waals surface area (Å²) in [5.74, 6) is 1.80. The van der Waals surface area contributed by atoms with Crippen LogP contribution in [-0.4, -0.2) is 73.6 Å². The number of likely N-dealkylation sites (N-methyl/N-ethyl adjacent to an activating group) is 2. The zero-order chi connectivity index (χ0) is 15.9. The second-order valence-electron chi connectivity index (χ2n) is 8.00. The summed E-state index contributed by atoms with van der Waals surface area (Å²) in [7, 11) is 2.32. The fourth-order valence-corrected chi connectivity index (χ4v) is 4.10. The Hall–Kier alpha value is -0.120. The summed E-state index contributed by atoms with van der Waals surface area (Å²) in [6.07, 6.45) is 6.97. The molecule has 3 saturated heterocycles. The molecular weight excluding hydrogens is 270 g/mol. The van der Waals surface area contributed by atoms with Gasteiger partial charge in [-0.15, -0.1) is 0 Å². The van der Waals surface area contributed by atoms with E-state index in [1.54, 1.807) is 0 Å². The third kappa shape index (κ3) is 5.82. The van der Waals surface area contributed by atoms with Crippen LogP contribution in [0.2, 0.25) is 0 Å². The molecule has 3 aliphatic heterocycles. The van der Waals surface area contributed by atoms with Crippen molar-refractivity contribution in [2.75, 3.05) is 52.9 Å². The van der Waals surface area contributed by atoms with Crippen molar-refractivity contribution >= 4 is 0 Å². The molecule has 2 bridgehead atoms. The fourth-order valence-electron chi connectivity index (χ4n) is 4.10. The summed E-state index contributed by atoms with van der Waals surface area (Å²) in [6, 6.07) is 0.786.